The van der Waals surface area contributed by atoms with Crippen LogP contribution in [0.4, 0.5) is 0 Å². The number of hydrogen-bond acceptors (Lipinski definition) is 2. The van der Waals surface area contributed by atoms with Gasteiger partial charge in [0.2, 0.25) is 0 Å². The van der Waals surface area contributed by atoms with Gasteiger partial charge in [-0.1, -0.05) is 53.5 Å². The summed E-state index contributed by atoms with van der Waals surface area (Å²) in [6, 6.07) is 14.8. The van der Waals surface area contributed by atoms with Crippen molar-refractivity contribution in [2.45, 2.75) is 19.4 Å². The predicted molar refractivity (Wildman–Crippen MR) is 98.5 cm³/mol. The summed E-state index contributed by atoms with van der Waals surface area (Å²) in [5.74, 6) is 0. The van der Waals surface area contributed by atoms with Crippen molar-refractivity contribution in [1.82, 2.24) is 10.2 Å². The van der Waals surface area contributed by atoms with Crippen LogP contribution in [0.15, 0.2) is 42.5 Å². The average Bonchev–Trinajstić information content (AvgIpc) is 2.82. The Morgan fingerprint density at radius 3 is 2.61 bits per heavy atom. The molecule has 2 nitrogen and oxygen atoms in total. The van der Waals surface area contributed by atoms with Crippen molar-refractivity contribution >= 4 is 23.2 Å². The Labute approximate surface area is 148 Å². The molecule has 1 saturated heterocycles. The first-order valence-corrected chi connectivity index (χ1v) is 8.87. The largest absolute Gasteiger partial charge is 0.315 e. The van der Waals surface area contributed by atoms with Crippen LogP contribution in [0.2, 0.25) is 10.0 Å². The number of nitrogens with zero attached hydrogens (tertiary/aromatic N) is 1. The lowest BCUT2D eigenvalue weighted by Gasteiger charge is -2.32. The topological polar surface area (TPSA) is 15.3 Å². The predicted octanol–water partition coefficient (Wildman–Crippen LogP) is 4.69. The minimum Gasteiger partial charge on any atom is -0.315 e. The highest BCUT2D eigenvalue weighted by Gasteiger charge is 2.24. The highest BCUT2D eigenvalue weighted by Crippen LogP contribution is 2.34. The molecule has 2 aromatic carbocycles. The first-order chi connectivity index (χ1) is 11.2. The number of nitrogens with one attached hydrogen (secondary N) is 1. The summed E-state index contributed by atoms with van der Waals surface area (Å²) in [7, 11) is 0. The smallest absolute Gasteiger partial charge is 0.0605 e. The summed E-state index contributed by atoms with van der Waals surface area (Å²) in [6.07, 6.45) is 1.16. The Morgan fingerprint density at radius 1 is 1.00 bits per heavy atom. The molecule has 1 aliphatic heterocycles. The molecule has 0 aliphatic carbocycles. The molecule has 3 rings (SSSR count). The van der Waals surface area contributed by atoms with E-state index < -0.39 is 0 Å². The van der Waals surface area contributed by atoms with Gasteiger partial charge in [-0.3, -0.25) is 4.90 Å². The molecule has 4 heteroatoms. The van der Waals surface area contributed by atoms with E-state index in [1.165, 1.54) is 16.7 Å². The summed E-state index contributed by atoms with van der Waals surface area (Å²) in [6.45, 7) is 6.38. The molecule has 0 bridgehead atoms. The van der Waals surface area contributed by atoms with Crippen LogP contribution in [0.3, 0.4) is 0 Å². The van der Waals surface area contributed by atoms with Crippen molar-refractivity contribution < 1.29 is 0 Å². The van der Waals surface area contributed by atoms with Gasteiger partial charge in [0.1, 0.15) is 0 Å². The van der Waals surface area contributed by atoms with Gasteiger partial charge in [0.05, 0.1) is 16.1 Å². The third kappa shape index (κ3) is 3.89. The molecule has 0 aromatic heterocycles. The summed E-state index contributed by atoms with van der Waals surface area (Å²) in [4.78, 5) is 2.54. The number of benzene rings is 2. The number of hydrogen-bond donors (Lipinski definition) is 1. The van der Waals surface area contributed by atoms with Crippen molar-refractivity contribution in [2.75, 3.05) is 26.2 Å². The Kier molecular flexibility index (Phi) is 5.60. The fraction of sp³-hybridized carbons (Fsp3) is 0.368. The van der Waals surface area contributed by atoms with Crippen molar-refractivity contribution in [3.8, 4) is 0 Å². The van der Waals surface area contributed by atoms with Gasteiger partial charge in [-0.05, 0) is 48.7 Å². The molecule has 0 spiro atoms. The lowest BCUT2D eigenvalue weighted by Crippen LogP contribution is -2.33. The van der Waals surface area contributed by atoms with Crippen LogP contribution in [-0.4, -0.2) is 31.1 Å². The van der Waals surface area contributed by atoms with E-state index in [4.69, 9.17) is 23.2 Å². The van der Waals surface area contributed by atoms with E-state index in [1.807, 2.05) is 12.1 Å². The van der Waals surface area contributed by atoms with E-state index >= 15 is 0 Å². The van der Waals surface area contributed by atoms with Crippen LogP contribution >= 0.6 is 23.2 Å². The second-order valence-electron chi connectivity index (χ2n) is 6.07. The molecular formula is C19H22Cl2N2. The average molecular weight is 349 g/mol. The molecule has 1 aliphatic rings. The van der Waals surface area contributed by atoms with E-state index in [0.717, 1.165) is 32.6 Å². The minimum atomic E-state index is 0.214. The molecule has 0 radical (unpaired) electrons. The van der Waals surface area contributed by atoms with Gasteiger partial charge < -0.3 is 5.32 Å². The highest BCUT2D eigenvalue weighted by atomic mass is 35.5. The third-order valence-corrected chi connectivity index (χ3v) is 5.22. The standard InChI is InChI=1S/C19H22Cl2N2/c1-14-5-2-3-6-16(14)19(23-11-4-9-22-10-12-23)15-7-8-17(20)18(21)13-15/h2-3,5-8,13,19,22H,4,9-12H2,1H3. The fourth-order valence-corrected chi connectivity index (χ4v) is 3.59. The second kappa shape index (κ2) is 7.67. The van der Waals surface area contributed by atoms with E-state index in [1.54, 1.807) is 0 Å². The normalized spacial score (nSPS) is 17.7. The van der Waals surface area contributed by atoms with E-state index in [2.05, 4.69) is 47.5 Å². The van der Waals surface area contributed by atoms with Crippen LogP contribution < -0.4 is 5.32 Å². The van der Waals surface area contributed by atoms with Gasteiger partial charge in [0.15, 0.2) is 0 Å². The number of rotatable bonds is 3. The molecule has 2 aromatic rings. The van der Waals surface area contributed by atoms with Crippen molar-refractivity contribution in [1.29, 1.82) is 0 Å². The molecule has 1 fully saturated rings. The van der Waals surface area contributed by atoms with Crippen molar-refractivity contribution in [3.63, 3.8) is 0 Å². The van der Waals surface area contributed by atoms with E-state index in [9.17, 15) is 0 Å². The van der Waals surface area contributed by atoms with Crippen LogP contribution in [0, 0.1) is 6.92 Å². The molecule has 122 valence electrons. The Hall–Kier alpha value is -1.06. The number of aryl methyl sites for hydroxylation is 1. The molecule has 23 heavy (non-hydrogen) atoms. The van der Waals surface area contributed by atoms with E-state index in [-0.39, 0.29) is 6.04 Å². The third-order valence-electron chi connectivity index (χ3n) is 4.48. The molecule has 1 heterocycles. The van der Waals surface area contributed by atoms with Gasteiger partial charge in [0, 0.05) is 19.6 Å². The lowest BCUT2D eigenvalue weighted by molar-refractivity contribution is 0.240. The maximum absolute atomic E-state index is 6.29. The van der Waals surface area contributed by atoms with Gasteiger partial charge in [-0.2, -0.15) is 0 Å². The zero-order chi connectivity index (χ0) is 16.2. The van der Waals surface area contributed by atoms with Crippen LogP contribution in [-0.2, 0) is 0 Å². The summed E-state index contributed by atoms with van der Waals surface area (Å²) in [5, 5.41) is 4.71. The zero-order valence-corrected chi connectivity index (χ0v) is 14.9. The Bertz CT molecular complexity index is 664. The fourth-order valence-electron chi connectivity index (χ4n) is 3.29. The van der Waals surface area contributed by atoms with Gasteiger partial charge in [0.25, 0.3) is 0 Å². The maximum Gasteiger partial charge on any atom is 0.0605 e. The zero-order valence-electron chi connectivity index (χ0n) is 13.4. The molecule has 1 unspecified atom stereocenters. The Morgan fingerprint density at radius 2 is 1.83 bits per heavy atom. The molecule has 1 N–H and O–H groups in total. The van der Waals surface area contributed by atoms with Gasteiger partial charge in [-0.25, -0.2) is 0 Å². The van der Waals surface area contributed by atoms with Gasteiger partial charge in [-0.15, -0.1) is 0 Å². The second-order valence-corrected chi connectivity index (χ2v) is 6.89. The first-order valence-electron chi connectivity index (χ1n) is 8.12. The van der Waals surface area contributed by atoms with Crippen LogP contribution in [0.5, 0.6) is 0 Å². The first kappa shape index (κ1) is 16.8. The molecule has 1 atom stereocenters. The summed E-state index contributed by atoms with van der Waals surface area (Å²) in [5.41, 5.74) is 3.85. The van der Waals surface area contributed by atoms with Crippen LogP contribution in [0.25, 0.3) is 0 Å². The maximum atomic E-state index is 6.29. The highest BCUT2D eigenvalue weighted by molar-refractivity contribution is 6.42. The quantitative estimate of drug-likeness (QED) is 0.865. The van der Waals surface area contributed by atoms with Crippen molar-refractivity contribution in [2.24, 2.45) is 0 Å². The summed E-state index contributed by atoms with van der Waals surface area (Å²) < 4.78 is 0. The van der Waals surface area contributed by atoms with Crippen LogP contribution in [0.1, 0.15) is 29.2 Å². The monoisotopic (exact) mass is 348 g/mol. The molecule has 0 saturated carbocycles. The molecule has 0 amide bonds. The molecular weight excluding hydrogens is 327 g/mol. The van der Waals surface area contributed by atoms with Gasteiger partial charge >= 0.3 is 0 Å². The van der Waals surface area contributed by atoms with Crippen molar-refractivity contribution in [3.05, 3.63) is 69.2 Å². The SMILES string of the molecule is Cc1ccccc1C(c1ccc(Cl)c(Cl)c1)N1CCCNCC1. The lowest BCUT2D eigenvalue weighted by atomic mass is 9.93. The number of halogens is 2. The van der Waals surface area contributed by atoms with E-state index in [0.29, 0.717) is 10.0 Å². The summed E-state index contributed by atoms with van der Waals surface area (Å²) >= 11 is 12.4. The Balaban J connectivity index is 2.05. The minimum absolute atomic E-state index is 0.214.